The minimum atomic E-state index is -0.827. The molecule has 3 aromatic carbocycles. The Morgan fingerprint density at radius 1 is 0.679 bits per heavy atom. The third-order valence-electron chi connectivity index (χ3n) is 4.95. The van der Waals surface area contributed by atoms with E-state index >= 15 is 0 Å². The van der Waals surface area contributed by atoms with E-state index in [9.17, 15) is 4.79 Å². The van der Waals surface area contributed by atoms with Crippen LogP contribution < -0.4 is 4.90 Å². The number of carboxylic acid groups (broad SMARTS) is 1. The summed E-state index contributed by atoms with van der Waals surface area (Å²) in [5.74, 6) is -0.827. The fourth-order valence-electron chi connectivity index (χ4n) is 3.48. The van der Waals surface area contributed by atoms with Gasteiger partial charge in [-0.3, -0.25) is 0 Å². The van der Waals surface area contributed by atoms with Crippen LogP contribution in [0.1, 0.15) is 18.4 Å². The van der Waals surface area contributed by atoms with Crippen LogP contribution in [0.15, 0.2) is 103 Å². The number of hydrogen-bond acceptors (Lipinski definition) is 2. The van der Waals surface area contributed by atoms with Gasteiger partial charge < -0.3 is 10.0 Å². The number of allylic oxidation sites excluding steroid dienone is 3. The van der Waals surface area contributed by atoms with Gasteiger partial charge in [0.1, 0.15) is 0 Å². The highest BCUT2D eigenvalue weighted by molar-refractivity contribution is 5.89. The van der Waals surface area contributed by atoms with Crippen LogP contribution >= 0.6 is 0 Å². The van der Waals surface area contributed by atoms with Gasteiger partial charge in [0.2, 0.25) is 0 Å². The molecule has 0 aliphatic heterocycles. The SMILES string of the molecule is O=C(O)C1=CC=C(c2ccc(N(c3ccccc3)c3ccccc3)cc2)CC1. The van der Waals surface area contributed by atoms with Crippen molar-refractivity contribution < 1.29 is 9.90 Å². The lowest BCUT2D eigenvalue weighted by molar-refractivity contribution is -0.132. The van der Waals surface area contributed by atoms with Crippen molar-refractivity contribution in [1.82, 2.24) is 0 Å². The molecule has 0 amide bonds. The fraction of sp³-hybridized carbons (Fsp3) is 0.0800. The minimum Gasteiger partial charge on any atom is -0.478 e. The van der Waals surface area contributed by atoms with Gasteiger partial charge in [-0.2, -0.15) is 0 Å². The molecule has 1 N–H and O–H groups in total. The molecular weight excluding hydrogens is 346 g/mol. The highest BCUT2D eigenvalue weighted by atomic mass is 16.4. The van der Waals surface area contributed by atoms with E-state index < -0.39 is 5.97 Å². The number of para-hydroxylation sites is 2. The topological polar surface area (TPSA) is 40.5 Å². The van der Waals surface area contributed by atoms with Crippen molar-refractivity contribution in [3.63, 3.8) is 0 Å². The summed E-state index contributed by atoms with van der Waals surface area (Å²) in [6, 6.07) is 29.1. The lowest BCUT2D eigenvalue weighted by atomic mass is 9.93. The van der Waals surface area contributed by atoms with Crippen molar-refractivity contribution in [3.05, 3.63) is 108 Å². The lowest BCUT2D eigenvalue weighted by Crippen LogP contribution is -2.09. The first-order chi connectivity index (χ1) is 13.7. The van der Waals surface area contributed by atoms with E-state index in [2.05, 4.69) is 53.4 Å². The zero-order chi connectivity index (χ0) is 19.3. The first-order valence-electron chi connectivity index (χ1n) is 9.36. The van der Waals surface area contributed by atoms with Crippen LogP contribution in [0.4, 0.5) is 17.1 Å². The fourth-order valence-corrected chi connectivity index (χ4v) is 3.48. The number of benzene rings is 3. The van der Waals surface area contributed by atoms with E-state index in [1.807, 2.05) is 42.5 Å². The molecule has 0 atom stereocenters. The van der Waals surface area contributed by atoms with Crippen LogP contribution in [0, 0.1) is 0 Å². The molecule has 4 rings (SSSR count). The second-order valence-corrected chi connectivity index (χ2v) is 6.74. The molecule has 0 saturated carbocycles. The number of hydrogen-bond donors (Lipinski definition) is 1. The Morgan fingerprint density at radius 3 is 1.68 bits per heavy atom. The Bertz CT molecular complexity index is 980. The molecule has 0 unspecified atom stereocenters. The summed E-state index contributed by atoms with van der Waals surface area (Å²) in [6.45, 7) is 0. The van der Waals surface area contributed by atoms with Gasteiger partial charge in [-0.15, -0.1) is 0 Å². The predicted molar refractivity (Wildman–Crippen MR) is 114 cm³/mol. The highest BCUT2D eigenvalue weighted by Crippen LogP contribution is 2.35. The van der Waals surface area contributed by atoms with Gasteiger partial charge in [0.05, 0.1) is 0 Å². The number of carbonyl (C=O) groups is 1. The molecule has 0 bridgehead atoms. The van der Waals surface area contributed by atoms with Crippen molar-refractivity contribution in [2.45, 2.75) is 12.8 Å². The molecule has 0 fully saturated rings. The molecule has 28 heavy (non-hydrogen) atoms. The largest absolute Gasteiger partial charge is 0.478 e. The molecule has 0 radical (unpaired) electrons. The Morgan fingerprint density at radius 2 is 1.21 bits per heavy atom. The summed E-state index contributed by atoms with van der Waals surface area (Å²) in [5, 5.41) is 9.11. The molecule has 0 saturated heterocycles. The van der Waals surface area contributed by atoms with Crippen LogP contribution in [-0.2, 0) is 4.79 Å². The van der Waals surface area contributed by atoms with Gasteiger partial charge in [-0.05, 0) is 60.4 Å². The second-order valence-electron chi connectivity index (χ2n) is 6.74. The maximum atomic E-state index is 11.1. The monoisotopic (exact) mass is 367 g/mol. The molecule has 1 aliphatic rings. The van der Waals surface area contributed by atoms with Crippen LogP contribution in [0.3, 0.4) is 0 Å². The number of anilines is 3. The molecule has 3 nitrogen and oxygen atoms in total. The van der Waals surface area contributed by atoms with E-state index in [1.54, 1.807) is 6.08 Å². The van der Waals surface area contributed by atoms with Gasteiger partial charge in [0, 0.05) is 22.6 Å². The molecule has 138 valence electrons. The Hall–Kier alpha value is -3.59. The van der Waals surface area contributed by atoms with Crippen molar-refractivity contribution in [2.75, 3.05) is 4.90 Å². The molecule has 0 heterocycles. The van der Waals surface area contributed by atoms with Crippen LogP contribution in [0.5, 0.6) is 0 Å². The Kier molecular flexibility index (Phi) is 5.07. The van der Waals surface area contributed by atoms with Gasteiger partial charge >= 0.3 is 5.97 Å². The molecular formula is C25H21NO2. The molecule has 0 spiro atoms. The van der Waals surface area contributed by atoms with Gasteiger partial charge in [-0.25, -0.2) is 4.79 Å². The highest BCUT2D eigenvalue weighted by Gasteiger charge is 2.15. The molecule has 3 heteroatoms. The number of carboxylic acids is 1. The zero-order valence-corrected chi connectivity index (χ0v) is 15.5. The van der Waals surface area contributed by atoms with E-state index in [0.29, 0.717) is 12.0 Å². The molecule has 3 aromatic rings. The summed E-state index contributed by atoms with van der Waals surface area (Å²) < 4.78 is 0. The maximum Gasteiger partial charge on any atom is 0.331 e. The summed E-state index contributed by atoms with van der Waals surface area (Å²) in [5.41, 5.74) is 6.06. The summed E-state index contributed by atoms with van der Waals surface area (Å²) in [6.07, 6.45) is 4.96. The average molecular weight is 367 g/mol. The van der Waals surface area contributed by atoms with Gasteiger partial charge in [-0.1, -0.05) is 60.7 Å². The van der Waals surface area contributed by atoms with Crippen molar-refractivity contribution >= 4 is 28.6 Å². The van der Waals surface area contributed by atoms with Crippen molar-refractivity contribution in [1.29, 1.82) is 0 Å². The quantitative estimate of drug-likeness (QED) is 0.571. The predicted octanol–water partition coefficient (Wildman–Crippen LogP) is 6.34. The third-order valence-corrected chi connectivity index (χ3v) is 4.95. The number of rotatable bonds is 5. The molecule has 0 aromatic heterocycles. The standard InChI is InChI=1S/C25H21NO2/c27-25(28)21-13-11-19(12-14-21)20-15-17-24(18-16-20)26(22-7-3-1-4-8-22)23-9-5-2-6-10-23/h1-11,13,15-18H,12,14H2,(H,27,28). The van der Waals surface area contributed by atoms with Crippen molar-refractivity contribution in [2.24, 2.45) is 0 Å². The third kappa shape index (κ3) is 3.74. The van der Waals surface area contributed by atoms with Crippen LogP contribution in [-0.4, -0.2) is 11.1 Å². The summed E-state index contributed by atoms with van der Waals surface area (Å²) in [4.78, 5) is 13.3. The van der Waals surface area contributed by atoms with E-state index in [0.717, 1.165) is 29.0 Å². The van der Waals surface area contributed by atoms with Crippen LogP contribution in [0.2, 0.25) is 0 Å². The van der Waals surface area contributed by atoms with E-state index in [-0.39, 0.29) is 0 Å². The summed E-state index contributed by atoms with van der Waals surface area (Å²) >= 11 is 0. The minimum absolute atomic E-state index is 0.472. The first-order valence-corrected chi connectivity index (χ1v) is 9.36. The normalized spacial score (nSPS) is 13.4. The smallest absolute Gasteiger partial charge is 0.331 e. The molecule has 1 aliphatic carbocycles. The van der Waals surface area contributed by atoms with Crippen molar-refractivity contribution in [3.8, 4) is 0 Å². The summed E-state index contributed by atoms with van der Waals surface area (Å²) in [7, 11) is 0. The second kappa shape index (κ2) is 7.97. The van der Waals surface area contributed by atoms with Gasteiger partial charge in [0.25, 0.3) is 0 Å². The zero-order valence-electron chi connectivity index (χ0n) is 15.5. The first kappa shape index (κ1) is 17.8. The Labute approximate surface area is 164 Å². The van der Waals surface area contributed by atoms with Gasteiger partial charge in [0.15, 0.2) is 0 Å². The van der Waals surface area contributed by atoms with E-state index in [1.165, 1.54) is 5.57 Å². The number of aliphatic carboxylic acids is 1. The average Bonchev–Trinajstić information content (AvgIpc) is 2.76. The van der Waals surface area contributed by atoms with E-state index in [4.69, 9.17) is 5.11 Å². The Balaban J connectivity index is 1.67. The number of nitrogens with zero attached hydrogens (tertiary/aromatic N) is 1. The maximum absolute atomic E-state index is 11.1. The van der Waals surface area contributed by atoms with Crippen LogP contribution in [0.25, 0.3) is 5.57 Å². The lowest BCUT2D eigenvalue weighted by Gasteiger charge is -2.25.